The maximum absolute atomic E-state index is 11.5. The molecule has 0 rings (SSSR count). The van der Waals surface area contributed by atoms with Crippen LogP contribution >= 0.6 is 0 Å². The summed E-state index contributed by atoms with van der Waals surface area (Å²) in [6.07, 6.45) is 0. The van der Waals surface area contributed by atoms with E-state index in [1.165, 1.54) is 0 Å². The predicted octanol–water partition coefficient (Wildman–Crippen LogP) is -1.95. The van der Waals surface area contributed by atoms with Crippen molar-refractivity contribution in [2.75, 3.05) is 32.7 Å². The Morgan fingerprint density at radius 1 is 1.00 bits per heavy atom. The average Bonchev–Trinajstić information content (AvgIpc) is 2.34. The standard InChI is InChI=1S/C10H20N4O3/c1-3-14(4-2)10(17)7-13-9(16)6-12-8(15)5-11/h3-7,11H2,1-2H3,(H,12,15)(H,13,16). The maximum atomic E-state index is 11.5. The van der Waals surface area contributed by atoms with E-state index in [4.69, 9.17) is 5.73 Å². The van der Waals surface area contributed by atoms with E-state index < -0.39 is 11.8 Å². The Kier molecular flexibility index (Phi) is 7.70. The highest BCUT2D eigenvalue weighted by atomic mass is 16.2. The van der Waals surface area contributed by atoms with Crippen LogP contribution in [-0.2, 0) is 14.4 Å². The van der Waals surface area contributed by atoms with E-state index in [-0.39, 0.29) is 25.5 Å². The number of carbonyl (C=O) groups is 3. The number of amides is 3. The van der Waals surface area contributed by atoms with Crippen molar-refractivity contribution in [3.05, 3.63) is 0 Å². The molecule has 0 spiro atoms. The third kappa shape index (κ3) is 6.52. The monoisotopic (exact) mass is 244 g/mol. The molecule has 7 heteroatoms. The molecule has 0 heterocycles. The Morgan fingerprint density at radius 2 is 1.53 bits per heavy atom. The van der Waals surface area contributed by atoms with Crippen LogP contribution in [0.15, 0.2) is 0 Å². The fourth-order valence-corrected chi connectivity index (χ4v) is 1.18. The van der Waals surface area contributed by atoms with Crippen molar-refractivity contribution in [3.63, 3.8) is 0 Å². The zero-order chi connectivity index (χ0) is 13.3. The molecule has 3 amide bonds. The van der Waals surface area contributed by atoms with Gasteiger partial charge in [0.2, 0.25) is 17.7 Å². The summed E-state index contributed by atoms with van der Waals surface area (Å²) in [5.41, 5.74) is 5.05. The zero-order valence-electron chi connectivity index (χ0n) is 10.3. The summed E-state index contributed by atoms with van der Waals surface area (Å²) in [7, 11) is 0. The van der Waals surface area contributed by atoms with Crippen molar-refractivity contribution in [2.24, 2.45) is 5.73 Å². The number of hydrogen-bond donors (Lipinski definition) is 3. The van der Waals surface area contributed by atoms with Gasteiger partial charge in [0.05, 0.1) is 19.6 Å². The molecule has 0 saturated heterocycles. The van der Waals surface area contributed by atoms with Gasteiger partial charge in [-0.05, 0) is 13.8 Å². The second-order valence-electron chi connectivity index (χ2n) is 3.32. The van der Waals surface area contributed by atoms with E-state index in [2.05, 4.69) is 10.6 Å². The first-order chi connectivity index (χ1) is 8.04. The largest absolute Gasteiger partial charge is 0.346 e. The Bertz CT molecular complexity index is 277. The van der Waals surface area contributed by atoms with Crippen molar-refractivity contribution < 1.29 is 14.4 Å². The molecule has 17 heavy (non-hydrogen) atoms. The molecule has 0 aliphatic carbocycles. The summed E-state index contributed by atoms with van der Waals surface area (Å²) < 4.78 is 0. The second-order valence-corrected chi connectivity index (χ2v) is 3.32. The molecule has 0 aromatic rings. The van der Waals surface area contributed by atoms with Gasteiger partial charge < -0.3 is 21.3 Å². The zero-order valence-corrected chi connectivity index (χ0v) is 10.3. The molecule has 7 nitrogen and oxygen atoms in total. The van der Waals surface area contributed by atoms with Crippen molar-refractivity contribution >= 4 is 17.7 Å². The quantitative estimate of drug-likeness (QED) is 0.484. The average molecular weight is 244 g/mol. The molecule has 0 unspecified atom stereocenters. The van der Waals surface area contributed by atoms with E-state index in [0.29, 0.717) is 13.1 Å². The lowest BCUT2D eigenvalue weighted by Crippen LogP contribution is -2.44. The molecule has 0 aromatic heterocycles. The summed E-state index contributed by atoms with van der Waals surface area (Å²) in [6, 6.07) is 0. The van der Waals surface area contributed by atoms with Crippen molar-refractivity contribution in [2.45, 2.75) is 13.8 Å². The van der Waals surface area contributed by atoms with Gasteiger partial charge in [-0.2, -0.15) is 0 Å². The molecule has 98 valence electrons. The first-order valence-electron chi connectivity index (χ1n) is 5.56. The third-order valence-electron chi connectivity index (χ3n) is 2.18. The number of nitrogens with two attached hydrogens (primary N) is 1. The minimum atomic E-state index is -0.410. The molecule has 0 fully saturated rings. The minimum Gasteiger partial charge on any atom is -0.346 e. The maximum Gasteiger partial charge on any atom is 0.241 e. The number of likely N-dealkylation sites (N-methyl/N-ethyl adjacent to an activating group) is 1. The van der Waals surface area contributed by atoms with Gasteiger partial charge in [0.1, 0.15) is 0 Å². The van der Waals surface area contributed by atoms with Gasteiger partial charge in [-0.15, -0.1) is 0 Å². The smallest absolute Gasteiger partial charge is 0.241 e. The summed E-state index contributed by atoms with van der Waals surface area (Å²) in [5.74, 6) is -0.962. The van der Waals surface area contributed by atoms with Gasteiger partial charge in [0, 0.05) is 13.1 Å². The van der Waals surface area contributed by atoms with E-state index in [9.17, 15) is 14.4 Å². The Balaban J connectivity index is 3.83. The molecular weight excluding hydrogens is 224 g/mol. The Labute approximate surface area is 101 Å². The van der Waals surface area contributed by atoms with Crippen LogP contribution in [0.1, 0.15) is 13.8 Å². The molecule has 0 saturated carbocycles. The molecule has 0 atom stereocenters. The predicted molar refractivity (Wildman–Crippen MR) is 63.0 cm³/mol. The highest BCUT2D eigenvalue weighted by molar-refractivity contribution is 5.88. The molecule has 0 radical (unpaired) electrons. The van der Waals surface area contributed by atoms with Gasteiger partial charge in [0.25, 0.3) is 0 Å². The lowest BCUT2D eigenvalue weighted by Gasteiger charge is -2.18. The van der Waals surface area contributed by atoms with Crippen LogP contribution in [0.2, 0.25) is 0 Å². The highest BCUT2D eigenvalue weighted by Crippen LogP contribution is 1.86. The first-order valence-corrected chi connectivity index (χ1v) is 5.56. The lowest BCUT2D eigenvalue weighted by molar-refractivity contribution is -0.132. The Hall–Kier alpha value is -1.63. The second kappa shape index (κ2) is 8.51. The van der Waals surface area contributed by atoms with E-state index in [0.717, 1.165) is 0 Å². The van der Waals surface area contributed by atoms with Crippen LogP contribution in [0.5, 0.6) is 0 Å². The van der Waals surface area contributed by atoms with E-state index in [1.807, 2.05) is 13.8 Å². The van der Waals surface area contributed by atoms with Gasteiger partial charge in [0.15, 0.2) is 0 Å². The highest BCUT2D eigenvalue weighted by Gasteiger charge is 2.11. The van der Waals surface area contributed by atoms with Crippen molar-refractivity contribution in [1.29, 1.82) is 0 Å². The molecule has 4 N–H and O–H groups in total. The first kappa shape index (κ1) is 15.4. The molecular formula is C10H20N4O3. The van der Waals surface area contributed by atoms with E-state index in [1.54, 1.807) is 4.90 Å². The summed E-state index contributed by atoms with van der Waals surface area (Å²) >= 11 is 0. The fourth-order valence-electron chi connectivity index (χ4n) is 1.18. The van der Waals surface area contributed by atoms with Gasteiger partial charge in [-0.3, -0.25) is 14.4 Å². The van der Waals surface area contributed by atoms with Gasteiger partial charge >= 0.3 is 0 Å². The number of nitrogens with one attached hydrogen (secondary N) is 2. The van der Waals surface area contributed by atoms with Crippen LogP contribution < -0.4 is 16.4 Å². The van der Waals surface area contributed by atoms with Crippen LogP contribution in [0.3, 0.4) is 0 Å². The van der Waals surface area contributed by atoms with Crippen LogP contribution in [0.25, 0.3) is 0 Å². The Morgan fingerprint density at radius 3 is 2.00 bits per heavy atom. The van der Waals surface area contributed by atoms with Gasteiger partial charge in [-0.1, -0.05) is 0 Å². The molecule has 0 aromatic carbocycles. The summed E-state index contributed by atoms with van der Waals surface area (Å²) in [4.78, 5) is 35.1. The molecule has 0 bridgehead atoms. The lowest BCUT2D eigenvalue weighted by atomic mass is 10.4. The summed E-state index contributed by atoms with van der Waals surface area (Å²) in [5, 5.41) is 4.74. The van der Waals surface area contributed by atoms with Crippen molar-refractivity contribution in [3.8, 4) is 0 Å². The fraction of sp³-hybridized carbons (Fsp3) is 0.700. The van der Waals surface area contributed by atoms with Gasteiger partial charge in [-0.25, -0.2) is 0 Å². The number of hydrogen-bond acceptors (Lipinski definition) is 4. The number of carbonyl (C=O) groups excluding carboxylic acids is 3. The number of nitrogens with zero attached hydrogens (tertiary/aromatic N) is 1. The van der Waals surface area contributed by atoms with Crippen LogP contribution in [-0.4, -0.2) is 55.3 Å². The third-order valence-corrected chi connectivity index (χ3v) is 2.18. The molecule has 0 aliphatic heterocycles. The number of rotatable bonds is 7. The van der Waals surface area contributed by atoms with Crippen molar-refractivity contribution in [1.82, 2.24) is 15.5 Å². The summed E-state index contributed by atoms with van der Waals surface area (Å²) in [6.45, 7) is 4.56. The van der Waals surface area contributed by atoms with Crippen LogP contribution in [0.4, 0.5) is 0 Å². The minimum absolute atomic E-state index is 0.0565. The topological polar surface area (TPSA) is 105 Å². The SMILES string of the molecule is CCN(CC)C(=O)CNC(=O)CNC(=O)CN. The normalized spacial score (nSPS) is 9.59. The van der Waals surface area contributed by atoms with E-state index >= 15 is 0 Å². The van der Waals surface area contributed by atoms with Crippen LogP contribution in [0, 0.1) is 0 Å². The molecule has 0 aliphatic rings.